The van der Waals surface area contributed by atoms with E-state index >= 15 is 0 Å². The fraction of sp³-hybridized carbons (Fsp3) is 1.00. The number of sulfone groups is 1. The fourth-order valence-electron chi connectivity index (χ4n) is 2.49. The first kappa shape index (κ1) is 11.4. The van der Waals surface area contributed by atoms with E-state index in [2.05, 4.69) is 0 Å². The summed E-state index contributed by atoms with van der Waals surface area (Å²) >= 11 is 0. The zero-order valence-corrected chi connectivity index (χ0v) is 9.58. The molecular formula is C10H18O4S. The van der Waals surface area contributed by atoms with E-state index in [4.69, 9.17) is 4.74 Å². The van der Waals surface area contributed by atoms with Gasteiger partial charge < -0.3 is 9.84 Å². The number of ether oxygens (including phenoxy) is 1. The Morgan fingerprint density at radius 3 is 2.67 bits per heavy atom. The van der Waals surface area contributed by atoms with Crippen molar-refractivity contribution in [3.8, 4) is 0 Å². The highest BCUT2D eigenvalue weighted by molar-refractivity contribution is 7.92. The molecule has 3 atom stereocenters. The number of rotatable bonds is 2. The second-order valence-electron chi connectivity index (χ2n) is 4.52. The van der Waals surface area contributed by atoms with Gasteiger partial charge in [-0.05, 0) is 19.3 Å². The number of aliphatic hydroxyl groups excluding tert-OH is 1. The monoisotopic (exact) mass is 234 g/mol. The molecule has 0 aromatic heterocycles. The molecule has 2 fully saturated rings. The molecule has 0 bridgehead atoms. The van der Waals surface area contributed by atoms with Gasteiger partial charge in [0.2, 0.25) is 0 Å². The average molecular weight is 234 g/mol. The van der Waals surface area contributed by atoms with E-state index in [0.29, 0.717) is 19.6 Å². The topological polar surface area (TPSA) is 63.6 Å². The Morgan fingerprint density at radius 1 is 1.27 bits per heavy atom. The second-order valence-corrected chi connectivity index (χ2v) is 6.85. The normalized spacial score (nSPS) is 37.7. The smallest absolute Gasteiger partial charge is 0.155 e. The van der Waals surface area contributed by atoms with Crippen LogP contribution in [0.2, 0.25) is 0 Å². The van der Waals surface area contributed by atoms with E-state index in [1.165, 1.54) is 0 Å². The molecular weight excluding hydrogens is 216 g/mol. The number of hydrogen-bond donors (Lipinski definition) is 1. The third-order valence-corrected chi connectivity index (χ3v) is 5.75. The fourth-order valence-corrected chi connectivity index (χ4v) is 4.57. The van der Waals surface area contributed by atoms with Gasteiger partial charge in [0.05, 0.1) is 23.7 Å². The summed E-state index contributed by atoms with van der Waals surface area (Å²) in [6.45, 7) is 1.15. The summed E-state index contributed by atoms with van der Waals surface area (Å²) in [4.78, 5) is 0. The maximum absolute atomic E-state index is 11.8. The molecule has 2 heterocycles. The Bertz CT molecular complexity index is 305. The minimum atomic E-state index is -3.07. The van der Waals surface area contributed by atoms with Crippen LogP contribution in [0.4, 0.5) is 0 Å². The van der Waals surface area contributed by atoms with Gasteiger partial charge >= 0.3 is 0 Å². The molecule has 0 amide bonds. The van der Waals surface area contributed by atoms with Crippen LogP contribution in [0, 0.1) is 5.92 Å². The first-order valence-corrected chi connectivity index (χ1v) is 7.30. The lowest BCUT2D eigenvalue weighted by Crippen LogP contribution is -2.42. The lowest BCUT2D eigenvalue weighted by molar-refractivity contribution is 0.0841. The molecule has 0 aromatic carbocycles. The predicted octanol–water partition coefficient (Wildman–Crippen LogP) is 0.351. The Labute approximate surface area is 90.5 Å². The van der Waals surface area contributed by atoms with E-state index in [1.54, 1.807) is 0 Å². The quantitative estimate of drug-likeness (QED) is 0.749. The molecule has 5 heteroatoms. The van der Waals surface area contributed by atoms with Gasteiger partial charge in [-0.15, -0.1) is 0 Å². The van der Waals surface area contributed by atoms with Crippen molar-refractivity contribution < 1.29 is 18.3 Å². The standard InChI is InChI=1S/C10H18O4S/c11-10(8-4-5-14-7-8)9-3-1-2-6-15(9,12)13/h8-11H,1-7H2. The van der Waals surface area contributed by atoms with Crippen molar-refractivity contribution in [2.24, 2.45) is 5.92 Å². The van der Waals surface area contributed by atoms with Crippen molar-refractivity contribution >= 4 is 9.84 Å². The molecule has 4 nitrogen and oxygen atoms in total. The zero-order chi connectivity index (χ0) is 10.9. The first-order valence-electron chi connectivity index (χ1n) is 5.58. The minimum absolute atomic E-state index is 0.0166. The minimum Gasteiger partial charge on any atom is -0.391 e. The summed E-state index contributed by atoms with van der Waals surface area (Å²) in [5.74, 6) is 0.255. The molecule has 2 saturated heterocycles. The third-order valence-electron chi connectivity index (χ3n) is 3.46. The Hall–Kier alpha value is -0.130. The van der Waals surface area contributed by atoms with E-state index in [-0.39, 0.29) is 11.7 Å². The summed E-state index contributed by atoms with van der Waals surface area (Å²) in [7, 11) is -3.07. The Balaban J connectivity index is 2.07. The van der Waals surface area contributed by atoms with Crippen LogP contribution in [0.1, 0.15) is 25.7 Å². The molecule has 15 heavy (non-hydrogen) atoms. The third kappa shape index (κ3) is 2.34. The molecule has 2 rings (SSSR count). The van der Waals surface area contributed by atoms with Crippen LogP contribution in [0.25, 0.3) is 0 Å². The van der Waals surface area contributed by atoms with Crippen molar-refractivity contribution in [3.05, 3.63) is 0 Å². The molecule has 1 N–H and O–H groups in total. The highest BCUT2D eigenvalue weighted by atomic mass is 32.2. The van der Waals surface area contributed by atoms with Crippen LogP contribution in [-0.2, 0) is 14.6 Å². The van der Waals surface area contributed by atoms with Gasteiger partial charge in [-0.3, -0.25) is 0 Å². The van der Waals surface area contributed by atoms with Crippen LogP contribution < -0.4 is 0 Å². The van der Waals surface area contributed by atoms with Crippen molar-refractivity contribution in [1.29, 1.82) is 0 Å². The molecule has 0 saturated carbocycles. The van der Waals surface area contributed by atoms with Crippen LogP contribution in [0.3, 0.4) is 0 Å². The van der Waals surface area contributed by atoms with Gasteiger partial charge in [0, 0.05) is 12.5 Å². The van der Waals surface area contributed by atoms with Gasteiger partial charge in [-0.1, -0.05) is 6.42 Å². The van der Waals surface area contributed by atoms with Crippen molar-refractivity contribution in [1.82, 2.24) is 0 Å². The maximum Gasteiger partial charge on any atom is 0.155 e. The molecule has 88 valence electrons. The highest BCUT2D eigenvalue weighted by Gasteiger charge is 2.39. The van der Waals surface area contributed by atoms with Gasteiger partial charge in [0.25, 0.3) is 0 Å². The van der Waals surface area contributed by atoms with E-state index in [0.717, 1.165) is 19.3 Å². The number of aliphatic hydroxyl groups is 1. The Kier molecular flexibility index (Phi) is 3.33. The summed E-state index contributed by atoms with van der Waals surface area (Å²) in [6, 6.07) is 0. The zero-order valence-electron chi connectivity index (χ0n) is 8.76. The molecule has 0 aromatic rings. The maximum atomic E-state index is 11.8. The Morgan fingerprint density at radius 2 is 2.07 bits per heavy atom. The van der Waals surface area contributed by atoms with Crippen molar-refractivity contribution in [2.45, 2.75) is 37.0 Å². The van der Waals surface area contributed by atoms with Crippen molar-refractivity contribution in [2.75, 3.05) is 19.0 Å². The second kappa shape index (κ2) is 4.39. The molecule has 2 aliphatic rings. The predicted molar refractivity (Wildman–Crippen MR) is 56.4 cm³/mol. The largest absolute Gasteiger partial charge is 0.391 e. The van der Waals surface area contributed by atoms with Gasteiger partial charge in [0.1, 0.15) is 0 Å². The molecule has 3 unspecified atom stereocenters. The summed E-state index contributed by atoms with van der Waals surface area (Å²) in [5, 5.41) is 9.51. The van der Waals surface area contributed by atoms with Gasteiger partial charge in [0.15, 0.2) is 9.84 Å². The summed E-state index contributed by atoms with van der Waals surface area (Å²) in [6.07, 6.45) is 2.33. The van der Waals surface area contributed by atoms with Crippen LogP contribution >= 0.6 is 0 Å². The molecule has 2 aliphatic heterocycles. The lowest BCUT2D eigenvalue weighted by atomic mass is 9.96. The average Bonchev–Trinajstić information content (AvgIpc) is 2.69. The van der Waals surface area contributed by atoms with E-state index < -0.39 is 21.2 Å². The SMILES string of the molecule is O=S1(=O)CCCCC1C(O)C1CCOC1. The summed E-state index contributed by atoms with van der Waals surface area (Å²) in [5.41, 5.74) is 0. The van der Waals surface area contributed by atoms with E-state index in [1.807, 2.05) is 0 Å². The van der Waals surface area contributed by atoms with Crippen LogP contribution in [-0.4, -0.2) is 43.8 Å². The summed E-state index contributed by atoms with van der Waals surface area (Å²) < 4.78 is 28.7. The van der Waals surface area contributed by atoms with Crippen LogP contribution in [0.5, 0.6) is 0 Å². The van der Waals surface area contributed by atoms with Crippen LogP contribution in [0.15, 0.2) is 0 Å². The molecule has 0 radical (unpaired) electrons. The highest BCUT2D eigenvalue weighted by Crippen LogP contribution is 2.28. The van der Waals surface area contributed by atoms with Gasteiger partial charge in [-0.2, -0.15) is 0 Å². The molecule has 0 aliphatic carbocycles. The van der Waals surface area contributed by atoms with Crippen molar-refractivity contribution in [3.63, 3.8) is 0 Å². The molecule has 0 spiro atoms. The van der Waals surface area contributed by atoms with E-state index in [9.17, 15) is 13.5 Å². The lowest BCUT2D eigenvalue weighted by Gasteiger charge is -2.29. The first-order chi connectivity index (χ1) is 7.11. The number of hydrogen-bond acceptors (Lipinski definition) is 4. The van der Waals surface area contributed by atoms with Gasteiger partial charge in [-0.25, -0.2) is 8.42 Å².